The molecule has 1 fully saturated rings. The first-order chi connectivity index (χ1) is 14.6. The van der Waals surface area contributed by atoms with Gasteiger partial charge in [-0.25, -0.2) is 0 Å². The summed E-state index contributed by atoms with van der Waals surface area (Å²) in [7, 11) is 1.69. The molecule has 3 unspecified atom stereocenters. The van der Waals surface area contributed by atoms with Gasteiger partial charge in [-0.2, -0.15) is 0 Å². The minimum Gasteiger partial charge on any atom is -0.497 e. The van der Waals surface area contributed by atoms with Gasteiger partial charge in [0.15, 0.2) is 0 Å². The van der Waals surface area contributed by atoms with E-state index in [1.807, 2.05) is 12.1 Å². The van der Waals surface area contributed by atoms with Crippen molar-refractivity contribution in [3.05, 3.63) is 63.7 Å². The molecule has 0 spiro atoms. The molecule has 4 rings (SSSR count). The SMILES string of the molecule is CCCc1c(C2CC(O)CC(CO)O2)cc(Cc2ccc(OC)cc2)c2c1CCC2. The molecule has 2 aromatic carbocycles. The molecule has 1 saturated heterocycles. The summed E-state index contributed by atoms with van der Waals surface area (Å²) in [6, 6.07) is 10.7. The van der Waals surface area contributed by atoms with Gasteiger partial charge in [0.05, 0.1) is 32.0 Å². The molecular weight excluding hydrogens is 376 g/mol. The molecule has 4 nitrogen and oxygen atoms in total. The molecule has 1 aliphatic heterocycles. The van der Waals surface area contributed by atoms with Crippen LogP contribution in [0.4, 0.5) is 0 Å². The summed E-state index contributed by atoms with van der Waals surface area (Å²) in [6.45, 7) is 2.18. The molecule has 3 atom stereocenters. The molecule has 30 heavy (non-hydrogen) atoms. The highest BCUT2D eigenvalue weighted by molar-refractivity contribution is 5.51. The van der Waals surface area contributed by atoms with E-state index in [1.54, 1.807) is 7.11 Å². The lowest BCUT2D eigenvalue weighted by atomic mass is 9.84. The molecular formula is C26H34O4. The minimum absolute atomic E-state index is 0.0414. The Kier molecular flexibility index (Phi) is 6.77. The van der Waals surface area contributed by atoms with E-state index in [9.17, 15) is 10.2 Å². The third-order valence-electron chi connectivity index (χ3n) is 6.63. The normalized spacial score (nSPS) is 23.4. The largest absolute Gasteiger partial charge is 0.497 e. The maximum atomic E-state index is 10.4. The van der Waals surface area contributed by atoms with Crippen LogP contribution in [0.5, 0.6) is 5.75 Å². The molecule has 0 bridgehead atoms. The summed E-state index contributed by atoms with van der Waals surface area (Å²) < 4.78 is 11.6. The van der Waals surface area contributed by atoms with Crippen LogP contribution in [-0.2, 0) is 30.4 Å². The number of methoxy groups -OCH3 is 1. The zero-order valence-electron chi connectivity index (χ0n) is 18.2. The Bertz CT molecular complexity index is 858. The first kappa shape index (κ1) is 21.4. The summed E-state index contributed by atoms with van der Waals surface area (Å²) in [5.74, 6) is 0.877. The average Bonchev–Trinajstić information content (AvgIpc) is 3.25. The van der Waals surface area contributed by atoms with Gasteiger partial charge in [-0.15, -0.1) is 0 Å². The Hall–Kier alpha value is -1.88. The molecule has 4 heteroatoms. The molecule has 1 aliphatic carbocycles. The van der Waals surface area contributed by atoms with E-state index < -0.39 is 6.10 Å². The predicted octanol–water partition coefficient (Wildman–Crippen LogP) is 4.30. The zero-order chi connectivity index (χ0) is 21.1. The van der Waals surface area contributed by atoms with Crippen LogP contribution >= 0.6 is 0 Å². The molecule has 1 heterocycles. The van der Waals surface area contributed by atoms with Crippen molar-refractivity contribution in [1.82, 2.24) is 0 Å². The molecule has 2 aliphatic rings. The first-order valence-electron chi connectivity index (χ1n) is 11.4. The summed E-state index contributed by atoms with van der Waals surface area (Å²) in [5, 5.41) is 20.1. The van der Waals surface area contributed by atoms with Crippen LogP contribution in [-0.4, -0.2) is 36.1 Å². The van der Waals surface area contributed by atoms with Gasteiger partial charge in [0.2, 0.25) is 0 Å². The average molecular weight is 411 g/mol. The third kappa shape index (κ3) is 4.41. The van der Waals surface area contributed by atoms with E-state index in [1.165, 1.54) is 39.8 Å². The van der Waals surface area contributed by atoms with Crippen LogP contribution in [0.1, 0.15) is 72.1 Å². The van der Waals surface area contributed by atoms with Gasteiger partial charge in [0.25, 0.3) is 0 Å². The number of hydrogen-bond donors (Lipinski definition) is 2. The van der Waals surface area contributed by atoms with Gasteiger partial charge in [0.1, 0.15) is 5.75 Å². The number of ether oxygens (including phenoxy) is 2. The lowest BCUT2D eigenvalue weighted by Crippen LogP contribution is -2.34. The monoisotopic (exact) mass is 410 g/mol. The second-order valence-corrected chi connectivity index (χ2v) is 8.74. The Balaban J connectivity index is 1.73. The molecule has 0 amide bonds. The van der Waals surface area contributed by atoms with Gasteiger partial charge in [-0.05, 0) is 77.6 Å². The molecule has 2 aromatic rings. The smallest absolute Gasteiger partial charge is 0.118 e. The number of aliphatic hydroxyl groups is 2. The van der Waals surface area contributed by atoms with Crippen LogP contribution < -0.4 is 4.74 Å². The fourth-order valence-corrected chi connectivity index (χ4v) is 5.23. The minimum atomic E-state index is -0.423. The van der Waals surface area contributed by atoms with E-state index in [2.05, 4.69) is 25.1 Å². The van der Waals surface area contributed by atoms with Crippen molar-refractivity contribution in [2.45, 2.75) is 76.6 Å². The van der Waals surface area contributed by atoms with Crippen LogP contribution in [0, 0.1) is 0 Å². The predicted molar refractivity (Wildman–Crippen MR) is 118 cm³/mol. The Morgan fingerprint density at radius 1 is 1.10 bits per heavy atom. The number of hydrogen-bond acceptors (Lipinski definition) is 4. The summed E-state index contributed by atoms with van der Waals surface area (Å²) >= 11 is 0. The topological polar surface area (TPSA) is 58.9 Å². The number of rotatable bonds is 7. The molecule has 0 saturated carbocycles. The second kappa shape index (κ2) is 9.51. The summed E-state index contributed by atoms with van der Waals surface area (Å²) in [4.78, 5) is 0. The fourth-order valence-electron chi connectivity index (χ4n) is 5.23. The van der Waals surface area contributed by atoms with E-state index in [0.717, 1.165) is 37.9 Å². The Labute approximate surface area is 179 Å². The highest BCUT2D eigenvalue weighted by atomic mass is 16.5. The van der Waals surface area contributed by atoms with Crippen molar-refractivity contribution in [2.75, 3.05) is 13.7 Å². The quantitative estimate of drug-likeness (QED) is 0.715. The van der Waals surface area contributed by atoms with Crippen LogP contribution in [0.15, 0.2) is 30.3 Å². The van der Waals surface area contributed by atoms with E-state index in [0.29, 0.717) is 12.8 Å². The van der Waals surface area contributed by atoms with Gasteiger partial charge in [-0.1, -0.05) is 31.5 Å². The van der Waals surface area contributed by atoms with Crippen LogP contribution in [0.3, 0.4) is 0 Å². The third-order valence-corrected chi connectivity index (χ3v) is 6.63. The highest BCUT2D eigenvalue weighted by Gasteiger charge is 2.32. The van der Waals surface area contributed by atoms with E-state index >= 15 is 0 Å². The van der Waals surface area contributed by atoms with Gasteiger partial charge >= 0.3 is 0 Å². The van der Waals surface area contributed by atoms with Crippen molar-refractivity contribution in [3.63, 3.8) is 0 Å². The lowest BCUT2D eigenvalue weighted by Gasteiger charge is -2.34. The Morgan fingerprint density at radius 3 is 2.57 bits per heavy atom. The number of fused-ring (bicyclic) bond motifs is 1. The first-order valence-corrected chi connectivity index (χ1v) is 11.4. The maximum Gasteiger partial charge on any atom is 0.118 e. The van der Waals surface area contributed by atoms with E-state index in [-0.39, 0.29) is 18.8 Å². The standard InChI is InChI=1S/C26H34O4/c1-3-5-23-24-7-4-6-22(24)18(12-17-8-10-20(29-2)11-9-17)13-25(23)26-15-19(28)14-21(16-27)30-26/h8-11,13,19,21,26-28H,3-7,12,14-16H2,1-2H3. The maximum absolute atomic E-state index is 10.4. The van der Waals surface area contributed by atoms with Crippen LogP contribution in [0.2, 0.25) is 0 Å². The van der Waals surface area contributed by atoms with Gasteiger partial charge in [-0.3, -0.25) is 0 Å². The molecule has 0 radical (unpaired) electrons. The van der Waals surface area contributed by atoms with Gasteiger partial charge < -0.3 is 19.7 Å². The van der Waals surface area contributed by atoms with Crippen molar-refractivity contribution in [1.29, 1.82) is 0 Å². The van der Waals surface area contributed by atoms with Crippen LogP contribution in [0.25, 0.3) is 0 Å². The fraction of sp³-hybridized carbons (Fsp3) is 0.538. The van der Waals surface area contributed by atoms with Crippen molar-refractivity contribution >= 4 is 0 Å². The molecule has 162 valence electrons. The van der Waals surface area contributed by atoms with Crippen molar-refractivity contribution in [2.24, 2.45) is 0 Å². The zero-order valence-corrected chi connectivity index (χ0v) is 18.2. The molecule has 0 aromatic heterocycles. The molecule has 2 N–H and O–H groups in total. The highest BCUT2D eigenvalue weighted by Crippen LogP contribution is 2.40. The Morgan fingerprint density at radius 2 is 1.87 bits per heavy atom. The lowest BCUT2D eigenvalue weighted by molar-refractivity contribution is -0.114. The second-order valence-electron chi connectivity index (χ2n) is 8.74. The van der Waals surface area contributed by atoms with Crippen molar-refractivity contribution in [3.8, 4) is 5.75 Å². The summed E-state index contributed by atoms with van der Waals surface area (Å²) in [5.41, 5.74) is 8.36. The van der Waals surface area contributed by atoms with Crippen molar-refractivity contribution < 1.29 is 19.7 Å². The number of aliphatic hydroxyl groups excluding tert-OH is 2. The van der Waals surface area contributed by atoms with E-state index in [4.69, 9.17) is 9.47 Å². The van der Waals surface area contributed by atoms with Gasteiger partial charge in [0, 0.05) is 12.8 Å². The number of benzene rings is 2. The summed E-state index contributed by atoms with van der Waals surface area (Å²) in [6.07, 6.45) is 6.78.